The Morgan fingerprint density at radius 2 is 1.86 bits per heavy atom. The van der Waals surface area contributed by atoms with Gasteiger partial charge < -0.3 is 15.2 Å². The van der Waals surface area contributed by atoms with Crippen molar-refractivity contribution in [3.05, 3.63) is 65.0 Å². The number of aromatic nitrogens is 1. The number of carbonyl (C=O) groups excluding carboxylic acids is 1. The summed E-state index contributed by atoms with van der Waals surface area (Å²) in [5.74, 6) is -0.690. The van der Waals surface area contributed by atoms with Gasteiger partial charge in [-0.05, 0) is 88.3 Å². The van der Waals surface area contributed by atoms with E-state index in [1.807, 2.05) is 30.3 Å². The molecule has 1 heterocycles. The molecule has 1 unspecified atom stereocenters. The molecule has 0 aliphatic heterocycles. The summed E-state index contributed by atoms with van der Waals surface area (Å²) >= 11 is 0. The number of aryl methyl sites for hydroxylation is 3. The van der Waals surface area contributed by atoms with Crippen molar-refractivity contribution in [2.45, 2.75) is 89.2 Å². The molecule has 1 saturated carbocycles. The van der Waals surface area contributed by atoms with E-state index in [-0.39, 0.29) is 18.4 Å². The lowest BCUT2D eigenvalue weighted by Crippen LogP contribution is -2.49. The van der Waals surface area contributed by atoms with Gasteiger partial charge in [-0.3, -0.25) is 9.78 Å². The van der Waals surface area contributed by atoms with Gasteiger partial charge in [0.15, 0.2) is 0 Å². The Kier molecular flexibility index (Phi) is 8.22. The molecule has 2 aromatic rings. The molecule has 2 N–H and O–H groups in total. The van der Waals surface area contributed by atoms with Crippen LogP contribution in [0.2, 0.25) is 0 Å². The number of carbonyl (C=O) groups is 2. The Bertz CT molecular complexity index is 1010. The lowest BCUT2D eigenvalue weighted by Gasteiger charge is -2.35. The monoisotopic (exact) mass is 478 g/mol. The zero-order valence-corrected chi connectivity index (χ0v) is 21.0. The first-order valence-electron chi connectivity index (χ1n) is 13.0. The summed E-state index contributed by atoms with van der Waals surface area (Å²) in [5, 5.41) is 12.3. The molecule has 188 valence electrons. The molecule has 35 heavy (non-hydrogen) atoms. The molecule has 0 spiro atoms. The first-order valence-corrected chi connectivity index (χ1v) is 13.0. The van der Waals surface area contributed by atoms with E-state index >= 15 is 0 Å². The van der Waals surface area contributed by atoms with Gasteiger partial charge in [0.2, 0.25) is 5.91 Å². The normalized spacial score (nSPS) is 20.4. The van der Waals surface area contributed by atoms with Crippen LogP contribution in [-0.2, 0) is 39.0 Å². The summed E-state index contributed by atoms with van der Waals surface area (Å²) in [6.07, 6.45) is 9.40. The second-order valence-electron chi connectivity index (χ2n) is 10.6. The van der Waals surface area contributed by atoms with E-state index in [0.717, 1.165) is 37.7 Å². The molecule has 2 aliphatic rings. The molecule has 2 aliphatic carbocycles. The maximum Gasteiger partial charge on any atom is 0.326 e. The fraction of sp³-hybridized carbons (Fsp3) is 0.552. The number of fused-ring (bicyclic) bond motifs is 1. The third-order valence-electron chi connectivity index (χ3n) is 7.66. The van der Waals surface area contributed by atoms with Crippen molar-refractivity contribution in [2.75, 3.05) is 6.61 Å². The van der Waals surface area contributed by atoms with Crippen LogP contribution in [-0.4, -0.2) is 40.7 Å². The van der Waals surface area contributed by atoms with E-state index in [9.17, 15) is 14.7 Å². The number of nitrogens with zero attached hydrogens (tertiary/aromatic N) is 1. The Labute approximate surface area is 208 Å². The van der Waals surface area contributed by atoms with Crippen LogP contribution in [0.1, 0.15) is 74.9 Å². The van der Waals surface area contributed by atoms with Gasteiger partial charge >= 0.3 is 5.97 Å². The molecule has 6 heteroatoms. The summed E-state index contributed by atoms with van der Waals surface area (Å²) in [5.41, 5.74) is 3.97. The average molecular weight is 479 g/mol. The maximum atomic E-state index is 12.8. The zero-order chi connectivity index (χ0) is 24.8. The number of rotatable bonds is 11. The summed E-state index contributed by atoms with van der Waals surface area (Å²) < 4.78 is 5.94. The first-order chi connectivity index (χ1) is 16.8. The van der Waals surface area contributed by atoms with E-state index in [0.29, 0.717) is 12.5 Å². The van der Waals surface area contributed by atoms with Crippen molar-refractivity contribution in [3.8, 4) is 0 Å². The predicted molar refractivity (Wildman–Crippen MR) is 135 cm³/mol. The third-order valence-corrected chi connectivity index (χ3v) is 7.66. The van der Waals surface area contributed by atoms with Gasteiger partial charge in [0.25, 0.3) is 0 Å². The van der Waals surface area contributed by atoms with Crippen LogP contribution < -0.4 is 5.32 Å². The lowest BCUT2D eigenvalue weighted by atomic mass is 9.79. The topological polar surface area (TPSA) is 88.5 Å². The van der Waals surface area contributed by atoms with Crippen LogP contribution in [0.5, 0.6) is 0 Å². The quantitative estimate of drug-likeness (QED) is 0.492. The third kappa shape index (κ3) is 6.49. The Morgan fingerprint density at radius 1 is 1.11 bits per heavy atom. The van der Waals surface area contributed by atoms with Crippen LogP contribution in [0.15, 0.2) is 42.5 Å². The number of nitrogens with one attached hydrogen (secondary N) is 1. The highest BCUT2D eigenvalue weighted by Crippen LogP contribution is 2.34. The molecule has 6 nitrogen and oxygen atoms in total. The summed E-state index contributed by atoms with van der Waals surface area (Å²) in [6, 6.07) is 12.9. The molecular formula is C29H38N2O4. The number of carboxylic acid groups (broad SMARTS) is 1. The smallest absolute Gasteiger partial charge is 0.326 e. The highest BCUT2D eigenvalue weighted by Gasteiger charge is 2.34. The standard InChI is InChI=1S/C29H38N2O4/c1-29(2,22-9-4-3-5-10-22)28(34)31-26(27(32)33)16-17-35-24-18-20(19-24)12-14-23-15-13-21-8-6-7-11-25(21)30-23/h3-5,9-10,13,15,20,24,26H,6-8,11-12,14,16-19H2,1-2H3,(H,31,34)(H,32,33). The van der Waals surface area contributed by atoms with E-state index in [4.69, 9.17) is 9.72 Å². The van der Waals surface area contributed by atoms with Gasteiger partial charge in [0, 0.05) is 24.4 Å². The summed E-state index contributed by atoms with van der Waals surface area (Å²) in [6.45, 7) is 3.94. The number of aliphatic carboxylic acids is 1. The molecule has 0 radical (unpaired) electrons. The fourth-order valence-electron chi connectivity index (χ4n) is 5.10. The molecule has 0 bridgehead atoms. The van der Waals surface area contributed by atoms with E-state index in [2.05, 4.69) is 17.4 Å². The first kappa shape index (κ1) is 25.4. The number of carboxylic acids is 1. The van der Waals surface area contributed by atoms with Crippen molar-refractivity contribution in [1.29, 1.82) is 0 Å². The molecule has 1 aromatic carbocycles. The second-order valence-corrected chi connectivity index (χ2v) is 10.6. The number of hydrogen-bond donors (Lipinski definition) is 2. The maximum absolute atomic E-state index is 12.8. The van der Waals surface area contributed by atoms with Crippen molar-refractivity contribution in [2.24, 2.45) is 5.92 Å². The van der Waals surface area contributed by atoms with Gasteiger partial charge in [-0.15, -0.1) is 0 Å². The van der Waals surface area contributed by atoms with Gasteiger partial charge in [-0.1, -0.05) is 36.4 Å². The Morgan fingerprint density at radius 3 is 2.60 bits per heavy atom. The van der Waals surface area contributed by atoms with Gasteiger partial charge in [0.05, 0.1) is 11.5 Å². The number of amides is 1. The van der Waals surface area contributed by atoms with E-state index in [1.54, 1.807) is 13.8 Å². The van der Waals surface area contributed by atoms with Crippen LogP contribution in [0.4, 0.5) is 0 Å². The van der Waals surface area contributed by atoms with E-state index in [1.165, 1.54) is 36.2 Å². The number of hydrogen-bond acceptors (Lipinski definition) is 4. The lowest BCUT2D eigenvalue weighted by molar-refractivity contribution is -0.143. The fourth-order valence-corrected chi connectivity index (χ4v) is 5.10. The van der Waals surface area contributed by atoms with Crippen LogP contribution >= 0.6 is 0 Å². The molecular weight excluding hydrogens is 440 g/mol. The molecule has 1 aromatic heterocycles. The summed E-state index contributed by atoms with van der Waals surface area (Å²) in [7, 11) is 0. The van der Waals surface area contributed by atoms with Crippen LogP contribution in [0.25, 0.3) is 0 Å². The van der Waals surface area contributed by atoms with E-state index < -0.39 is 17.4 Å². The molecule has 0 saturated heterocycles. The second kappa shape index (κ2) is 11.3. The van der Waals surface area contributed by atoms with Gasteiger partial charge in [-0.25, -0.2) is 4.79 Å². The van der Waals surface area contributed by atoms with Gasteiger partial charge in [0.1, 0.15) is 6.04 Å². The SMILES string of the molecule is CC(C)(C(=O)NC(CCOC1CC(CCc2ccc3c(n2)CCCC3)C1)C(=O)O)c1ccccc1. The molecule has 1 atom stereocenters. The average Bonchev–Trinajstić information content (AvgIpc) is 2.84. The number of ether oxygens (including phenoxy) is 1. The number of pyridine rings is 1. The largest absolute Gasteiger partial charge is 0.480 e. The predicted octanol–water partition coefficient (Wildman–Crippen LogP) is 4.63. The van der Waals surface area contributed by atoms with Crippen LogP contribution in [0.3, 0.4) is 0 Å². The minimum absolute atomic E-state index is 0.183. The van der Waals surface area contributed by atoms with Crippen molar-refractivity contribution >= 4 is 11.9 Å². The van der Waals surface area contributed by atoms with Gasteiger partial charge in [-0.2, -0.15) is 0 Å². The highest BCUT2D eigenvalue weighted by atomic mass is 16.5. The van der Waals surface area contributed by atoms with Crippen molar-refractivity contribution in [3.63, 3.8) is 0 Å². The van der Waals surface area contributed by atoms with Crippen molar-refractivity contribution < 1.29 is 19.4 Å². The van der Waals surface area contributed by atoms with Crippen LogP contribution in [0, 0.1) is 5.92 Å². The highest BCUT2D eigenvalue weighted by molar-refractivity contribution is 5.90. The number of benzene rings is 1. The Balaban J connectivity index is 1.16. The minimum Gasteiger partial charge on any atom is -0.480 e. The Hall–Kier alpha value is -2.73. The minimum atomic E-state index is -1.03. The van der Waals surface area contributed by atoms with Crippen molar-refractivity contribution in [1.82, 2.24) is 10.3 Å². The summed E-state index contributed by atoms with van der Waals surface area (Å²) in [4.78, 5) is 29.5. The molecule has 4 rings (SSSR count). The molecule has 1 amide bonds. The zero-order valence-electron chi connectivity index (χ0n) is 21.0. The molecule has 1 fully saturated rings.